The molecule has 2 amide bonds. The van der Waals surface area contributed by atoms with Crippen LogP contribution < -0.4 is 10.6 Å². The second-order valence-corrected chi connectivity index (χ2v) is 9.39. The topological polar surface area (TPSA) is 95.6 Å². The molecule has 0 aliphatic carbocycles. The third kappa shape index (κ3) is 5.59. The first-order chi connectivity index (χ1) is 14.4. The maximum Gasteiger partial charge on any atom is 0.313 e. The van der Waals surface area contributed by atoms with Gasteiger partial charge in [-0.2, -0.15) is 4.31 Å². The first-order valence-electron chi connectivity index (χ1n) is 9.81. The highest BCUT2D eigenvalue weighted by Crippen LogP contribution is 2.21. The van der Waals surface area contributed by atoms with Crippen LogP contribution in [0.3, 0.4) is 0 Å². The Labute approximate surface area is 181 Å². The van der Waals surface area contributed by atoms with Crippen molar-refractivity contribution in [3.8, 4) is 0 Å². The normalized spacial score (nSPS) is 14.8. The van der Waals surface area contributed by atoms with Crippen LogP contribution in [0.25, 0.3) is 0 Å². The van der Waals surface area contributed by atoms with Gasteiger partial charge in [0.15, 0.2) is 0 Å². The molecule has 0 spiro atoms. The van der Waals surface area contributed by atoms with Gasteiger partial charge < -0.3 is 10.6 Å². The molecule has 2 aromatic rings. The van der Waals surface area contributed by atoms with Gasteiger partial charge in [0.2, 0.25) is 10.0 Å². The van der Waals surface area contributed by atoms with E-state index in [1.54, 1.807) is 48.5 Å². The van der Waals surface area contributed by atoms with Gasteiger partial charge in [-0.15, -0.1) is 0 Å². The predicted octanol–water partition coefficient (Wildman–Crippen LogP) is 2.81. The van der Waals surface area contributed by atoms with Gasteiger partial charge >= 0.3 is 11.8 Å². The zero-order valence-electron chi connectivity index (χ0n) is 16.4. The number of nitrogens with zero attached hydrogens (tertiary/aromatic N) is 1. The number of hydrogen-bond acceptors (Lipinski definition) is 4. The molecular formula is C21H24ClN3O4S. The summed E-state index contributed by atoms with van der Waals surface area (Å²) in [5.41, 5.74) is 1.23. The number of para-hydroxylation sites is 1. The van der Waals surface area contributed by atoms with Gasteiger partial charge in [0.05, 0.1) is 15.6 Å². The van der Waals surface area contributed by atoms with Crippen molar-refractivity contribution in [2.75, 3.05) is 25.0 Å². The number of anilines is 1. The molecule has 0 unspecified atom stereocenters. The lowest BCUT2D eigenvalue weighted by Gasteiger charge is -2.25. The number of rotatable bonds is 6. The summed E-state index contributed by atoms with van der Waals surface area (Å²) in [6, 6.07) is 13.3. The van der Waals surface area contributed by atoms with E-state index in [1.165, 1.54) is 4.31 Å². The fraction of sp³-hybridized carbons (Fsp3) is 0.333. The summed E-state index contributed by atoms with van der Waals surface area (Å²) in [5, 5.41) is 5.35. The summed E-state index contributed by atoms with van der Waals surface area (Å²) in [6.07, 6.45) is 3.31. The Morgan fingerprint density at radius 3 is 2.27 bits per heavy atom. The third-order valence-corrected chi connectivity index (χ3v) is 7.15. The van der Waals surface area contributed by atoms with Crippen molar-refractivity contribution < 1.29 is 18.0 Å². The minimum atomic E-state index is -3.46. The molecule has 3 rings (SSSR count). The van der Waals surface area contributed by atoms with E-state index in [-0.39, 0.29) is 11.4 Å². The summed E-state index contributed by atoms with van der Waals surface area (Å²) in [6.45, 7) is 1.37. The number of sulfonamides is 1. The Morgan fingerprint density at radius 1 is 0.933 bits per heavy atom. The van der Waals surface area contributed by atoms with Crippen molar-refractivity contribution in [2.24, 2.45) is 0 Å². The first-order valence-corrected chi connectivity index (χ1v) is 11.6. The quantitative estimate of drug-likeness (QED) is 0.663. The molecule has 0 saturated carbocycles. The number of amides is 2. The van der Waals surface area contributed by atoms with Crippen LogP contribution in [0.4, 0.5) is 5.69 Å². The first kappa shape index (κ1) is 22.3. The number of hydrogen-bond donors (Lipinski definition) is 2. The van der Waals surface area contributed by atoms with Crippen LogP contribution in [-0.2, 0) is 26.0 Å². The largest absolute Gasteiger partial charge is 0.347 e. The molecule has 1 heterocycles. The third-order valence-electron chi connectivity index (χ3n) is 4.90. The van der Waals surface area contributed by atoms with Crippen LogP contribution in [0.1, 0.15) is 24.8 Å². The molecule has 2 N–H and O–H groups in total. The van der Waals surface area contributed by atoms with Crippen LogP contribution in [0.2, 0.25) is 5.02 Å². The van der Waals surface area contributed by atoms with Crippen molar-refractivity contribution >= 4 is 39.1 Å². The summed E-state index contributed by atoms with van der Waals surface area (Å²) in [5.74, 6) is -1.56. The van der Waals surface area contributed by atoms with Gasteiger partial charge in [0, 0.05) is 19.6 Å². The van der Waals surface area contributed by atoms with E-state index in [1.807, 2.05) is 0 Å². The van der Waals surface area contributed by atoms with Crippen LogP contribution in [0.5, 0.6) is 0 Å². The number of nitrogens with one attached hydrogen (secondary N) is 2. The van der Waals surface area contributed by atoms with Gasteiger partial charge in [-0.3, -0.25) is 9.59 Å². The fourth-order valence-electron chi connectivity index (χ4n) is 3.22. The molecule has 0 radical (unpaired) electrons. The Kier molecular flexibility index (Phi) is 7.47. The lowest BCUT2D eigenvalue weighted by atomic mass is 10.1. The Morgan fingerprint density at radius 2 is 1.60 bits per heavy atom. The highest BCUT2D eigenvalue weighted by molar-refractivity contribution is 7.89. The van der Waals surface area contributed by atoms with Crippen molar-refractivity contribution in [2.45, 2.75) is 30.6 Å². The molecule has 1 saturated heterocycles. The number of halogens is 1. The molecule has 9 heteroatoms. The zero-order valence-corrected chi connectivity index (χ0v) is 18.0. The molecule has 1 aliphatic rings. The molecule has 0 bridgehead atoms. The van der Waals surface area contributed by atoms with E-state index in [0.717, 1.165) is 24.8 Å². The number of benzene rings is 2. The van der Waals surface area contributed by atoms with Gasteiger partial charge in [-0.05, 0) is 49.1 Å². The maximum atomic E-state index is 12.7. The molecule has 1 aliphatic heterocycles. The maximum absolute atomic E-state index is 12.7. The van der Waals surface area contributed by atoms with Crippen molar-refractivity contribution in [3.63, 3.8) is 0 Å². The van der Waals surface area contributed by atoms with Crippen LogP contribution >= 0.6 is 11.6 Å². The average molecular weight is 450 g/mol. The van der Waals surface area contributed by atoms with Crippen LogP contribution in [0.15, 0.2) is 53.4 Å². The second-order valence-electron chi connectivity index (χ2n) is 7.05. The molecular weight excluding hydrogens is 426 g/mol. The summed E-state index contributed by atoms with van der Waals surface area (Å²) >= 11 is 5.96. The van der Waals surface area contributed by atoms with Crippen molar-refractivity contribution in [1.82, 2.24) is 9.62 Å². The molecule has 1 fully saturated rings. The van der Waals surface area contributed by atoms with Gasteiger partial charge in [-0.1, -0.05) is 42.3 Å². The smallest absolute Gasteiger partial charge is 0.313 e. The molecule has 0 atom stereocenters. The predicted molar refractivity (Wildman–Crippen MR) is 116 cm³/mol. The summed E-state index contributed by atoms with van der Waals surface area (Å²) in [4.78, 5) is 24.2. The van der Waals surface area contributed by atoms with Crippen molar-refractivity contribution in [1.29, 1.82) is 0 Å². The molecule has 7 nitrogen and oxygen atoms in total. The van der Waals surface area contributed by atoms with E-state index >= 15 is 0 Å². The zero-order chi connectivity index (χ0) is 21.6. The van der Waals surface area contributed by atoms with E-state index in [9.17, 15) is 18.0 Å². The number of carbonyl (C=O) groups is 2. The highest BCUT2D eigenvalue weighted by Gasteiger charge is 2.25. The highest BCUT2D eigenvalue weighted by atomic mass is 35.5. The lowest BCUT2D eigenvalue weighted by Crippen LogP contribution is -2.36. The Balaban J connectivity index is 1.49. The molecule has 30 heavy (non-hydrogen) atoms. The Hall–Kier alpha value is -2.42. The van der Waals surface area contributed by atoms with E-state index in [4.69, 9.17) is 11.6 Å². The number of piperidine rings is 1. The van der Waals surface area contributed by atoms with E-state index < -0.39 is 21.8 Å². The van der Waals surface area contributed by atoms with Gasteiger partial charge in [0.1, 0.15) is 0 Å². The van der Waals surface area contributed by atoms with Crippen LogP contribution in [0, 0.1) is 0 Å². The minimum absolute atomic E-state index is 0.243. The summed E-state index contributed by atoms with van der Waals surface area (Å²) < 4.78 is 26.9. The average Bonchev–Trinajstić information content (AvgIpc) is 2.76. The van der Waals surface area contributed by atoms with Gasteiger partial charge in [-0.25, -0.2) is 8.42 Å². The fourth-order valence-corrected chi connectivity index (χ4v) is 4.92. The van der Waals surface area contributed by atoms with E-state index in [0.29, 0.717) is 30.2 Å². The lowest BCUT2D eigenvalue weighted by molar-refractivity contribution is -0.136. The van der Waals surface area contributed by atoms with Crippen LogP contribution in [-0.4, -0.2) is 44.2 Å². The SMILES string of the molecule is O=C(NCCc1ccc(S(=O)(=O)N2CCCCC2)cc1)C(=O)Nc1ccccc1Cl. The standard InChI is InChI=1S/C21H24ClN3O4S/c22-18-6-2-3-7-19(18)24-21(27)20(26)23-13-12-16-8-10-17(11-9-16)30(28,29)25-14-4-1-5-15-25/h2-3,6-11H,1,4-5,12-15H2,(H,23,26)(H,24,27). The van der Waals surface area contributed by atoms with Crippen molar-refractivity contribution in [3.05, 3.63) is 59.1 Å². The van der Waals surface area contributed by atoms with Gasteiger partial charge in [0.25, 0.3) is 0 Å². The summed E-state index contributed by atoms with van der Waals surface area (Å²) in [7, 11) is -3.46. The monoisotopic (exact) mass is 449 g/mol. The molecule has 2 aromatic carbocycles. The molecule has 160 valence electrons. The van der Waals surface area contributed by atoms with E-state index in [2.05, 4.69) is 10.6 Å². The molecule has 0 aromatic heterocycles. The second kappa shape index (κ2) is 10.1. The number of carbonyl (C=O) groups excluding carboxylic acids is 2. The Bertz CT molecular complexity index is 1000. The minimum Gasteiger partial charge on any atom is -0.347 e.